The molecule has 0 aliphatic rings. The second-order valence-electron chi connectivity index (χ2n) is 3.28. The summed E-state index contributed by atoms with van der Waals surface area (Å²) in [5, 5.41) is 40.6. The molecular formula is C9H7N7O4. The van der Waals surface area contributed by atoms with Gasteiger partial charge in [-0.15, -0.1) is 0 Å². The van der Waals surface area contributed by atoms with E-state index in [4.69, 9.17) is 16.4 Å². The predicted octanol–water partition coefficient (Wildman–Crippen LogP) is 0.730. The molecule has 0 aliphatic carbocycles. The van der Waals surface area contributed by atoms with Crippen molar-refractivity contribution in [3.8, 4) is 6.07 Å². The van der Waals surface area contributed by atoms with Crippen molar-refractivity contribution < 1.29 is 9.85 Å². The number of hydrogen-bond donors (Lipinski definition) is 3. The summed E-state index contributed by atoms with van der Waals surface area (Å²) in [6.45, 7) is 0. The Morgan fingerprint density at radius 2 is 1.85 bits per heavy atom. The van der Waals surface area contributed by atoms with E-state index in [1.54, 1.807) is 0 Å². The van der Waals surface area contributed by atoms with Crippen LogP contribution in [0.1, 0.15) is 0 Å². The molecular weight excluding hydrogens is 270 g/mol. The zero-order chi connectivity index (χ0) is 15.3. The molecule has 0 saturated heterocycles. The van der Waals surface area contributed by atoms with Crippen molar-refractivity contribution in [2.45, 2.75) is 0 Å². The first kappa shape index (κ1) is 14.5. The second kappa shape index (κ2) is 5.87. The summed E-state index contributed by atoms with van der Waals surface area (Å²) in [4.78, 5) is 19.9. The number of anilines is 1. The van der Waals surface area contributed by atoms with E-state index in [0.717, 1.165) is 18.2 Å². The summed E-state index contributed by atoms with van der Waals surface area (Å²) in [6, 6.07) is 4.67. The molecule has 0 bridgehead atoms. The van der Waals surface area contributed by atoms with Crippen LogP contribution in [0.15, 0.2) is 23.3 Å². The molecule has 0 spiro atoms. The SMILES string of the molecule is N#C/C(=N\Nc1c([N+](=O)[O-])cccc1[N+](=O)[O-])C(=N)N. The van der Waals surface area contributed by atoms with Gasteiger partial charge in [-0.1, -0.05) is 0 Å². The number of nitrogens with zero attached hydrogens (tertiary/aromatic N) is 4. The van der Waals surface area contributed by atoms with Crippen molar-refractivity contribution in [2.24, 2.45) is 10.8 Å². The number of nitro groups is 2. The van der Waals surface area contributed by atoms with E-state index in [1.165, 1.54) is 6.07 Å². The minimum Gasteiger partial charge on any atom is -0.382 e. The summed E-state index contributed by atoms with van der Waals surface area (Å²) < 4.78 is 0. The lowest BCUT2D eigenvalue weighted by Gasteiger charge is -2.03. The lowest BCUT2D eigenvalue weighted by Crippen LogP contribution is -2.22. The van der Waals surface area contributed by atoms with Gasteiger partial charge in [0, 0.05) is 12.1 Å². The van der Waals surface area contributed by atoms with E-state index in [-0.39, 0.29) is 0 Å². The van der Waals surface area contributed by atoms with Crippen molar-refractivity contribution in [1.82, 2.24) is 0 Å². The van der Waals surface area contributed by atoms with Gasteiger partial charge in [-0.25, -0.2) is 0 Å². The van der Waals surface area contributed by atoms with Crippen LogP contribution in [0.4, 0.5) is 17.1 Å². The minimum absolute atomic E-state index is 0.503. The monoisotopic (exact) mass is 277 g/mol. The Morgan fingerprint density at radius 3 is 2.20 bits per heavy atom. The fourth-order valence-electron chi connectivity index (χ4n) is 1.20. The average molecular weight is 277 g/mol. The Hall–Kier alpha value is -3.55. The quantitative estimate of drug-likeness (QED) is 0.306. The van der Waals surface area contributed by atoms with Crippen molar-refractivity contribution in [3.05, 3.63) is 38.4 Å². The van der Waals surface area contributed by atoms with Crippen molar-refractivity contribution >= 4 is 28.6 Å². The van der Waals surface area contributed by atoms with Crippen LogP contribution in [-0.4, -0.2) is 21.4 Å². The first-order chi connectivity index (χ1) is 9.38. The number of para-hydroxylation sites is 1. The average Bonchev–Trinajstić information content (AvgIpc) is 2.38. The normalized spacial score (nSPS) is 10.4. The van der Waals surface area contributed by atoms with E-state index in [0.29, 0.717) is 0 Å². The molecule has 102 valence electrons. The first-order valence-corrected chi connectivity index (χ1v) is 4.88. The topological polar surface area (TPSA) is 184 Å². The third-order valence-corrected chi connectivity index (χ3v) is 2.05. The van der Waals surface area contributed by atoms with Crippen LogP contribution in [0.2, 0.25) is 0 Å². The van der Waals surface area contributed by atoms with Crippen LogP contribution in [0.25, 0.3) is 0 Å². The van der Waals surface area contributed by atoms with Crippen molar-refractivity contribution in [2.75, 3.05) is 5.43 Å². The molecule has 0 amide bonds. The van der Waals surface area contributed by atoms with E-state index >= 15 is 0 Å². The summed E-state index contributed by atoms with van der Waals surface area (Å²) in [6.07, 6.45) is 0. The summed E-state index contributed by atoms with van der Waals surface area (Å²) in [7, 11) is 0. The summed E-state index contributed by atoms with van der Waals surface area (Å²) in [5.41, 5.74) is 4.82. The molecule has 0 atom stereocenters. The molecule has 1 aromatic rings. The Balaban J connectivity index is 3.35. The van der Waals surface area contributed by atoms with Gasteiger partial charge in [0.2, 0.25) is 11.4 Å². The third kappa shape index (κ3) is 3.01. The van der Waals surface area contributed by atoms with E-state index in [1.807, 2.05) is 5.43 Å². The van der Waals surface area contributed by atoms with Gasteiger partial charge in [-0.05, 0) is 6.07 Å². The first-order valence-electron chi connectivity index (χ1n) is 4.88. The highest BCUT2D eigenvalue weighted by Crippen LogP contribution is 2.33. The Labute approximate surface area is 111 Å². The molecule has 0 aromatic heterocycles. The summed E-state index contributed by atoms with van der Waals surface area (Å²) in [5.74, 6) is -0.679. The Morgan fingerprint density at radius 1 is 1.35 bits per heavy atom. The number of nitriles is 1. The highest BCUT2D eigenvalue weighted by Gasteiger charge is 2.24. The summed E-state index contributed by atoms with van der Waals surface area (Å²) >= 11 is 0. The van der Waals surface area contributed by atoms with Gasteiger partial charge in [0.1, 0.15) is 6.07 Å². The van der Waals surface area contributed by atoms with Gasteiger partial charge >= 0.3 is 11.4 Å². The fourth-order valence-corrected chi connectivity index (χ4v) is 1.20. The number of hydrogen-bond acceptors (Lipinski definition) is 8. The molecule has 1 aromatic carbocycles. The van der Waals surface area contributed by atoms with Crippen LogP contribution in [0, 0.1) is 37.0 Å². The molecule has 0 radical (unpaired) electrons. The van der Waals surface area contributed by atoms with Crippen LogP contribution in [-0.2, 0) is 0 Å². The number of rotatable bonds is 5. The largest absolute Gasteiger partial charge is 0.382 e. The number of benzene rings is 1. The van der Waals surface area contributed by atoms with Crippen LogP contribution in [0.3, 0.4) is 0 Å². The van der Waals surface area contributed by atoms with Gasteiger partial charge in [0.05, 0.1) is 9.85 Å². The smallest absolute Gasteiger partial charge is 0.301 e. The molecule has 20 heavy (non-hydrogen) atoms. The molecule has 0 fully saturated rings. The second-order valence-corrected chi connectivity index (χ2v) is 3.28. The predicted molar refractivity (Wildman–Crippen MR) is 68.3 cm³/mol. The molecule has 0 aliphatic heterocycles. The van der Waals surface area contributed by atoms with Crippen LogP contribution < -0.4 is 11.2 Å². The lowest BCUT2D eigenvalue weighted by atomic mass is 10.2. The number of amidine groups is 1. The zero-order valence-corrected chi connectivity index (χ0v) is 9.73. The lowest BCUT2D eigenvalue weighted by molar-refractivity contribution is -0.392. The third-order valence-electron chi connectivity index (χ3n) is 2.05. The number of nitrogens with two attached hydrogens (primary N) is 1. The van der Waals surface area contributed by atoms with Gasteiger partial charge < -0.3 is 5.73 Å². The van der Waals surface area contributed by atoms with Crippen molar-refractivity contribution in [1.29, 1.82) is 10.7 Å². The van der Waals surface area contributed by atoms with Crippen LogP contribution in [0.5, 0.6) is 0 Å². The number of nitro benzene ring substituents is 2. The Bertz CT molecular complexity index is 629. The van der Waals surface area contributed by atoms with Gasteiger partial charge in [-0.2, -0.15) is 10.4 Å². The van der Waals surface area contributed by atoms with E-state index in [2.05, 4.69) is 5.10 Å². The molecule has 11 nitrogen and oxygen atoms in total. The highest BCUT2D eigenvalue weighted by molar-refractivity contribution is 6.45. The Kier molecular flexibility index (Phi) is 4.26. The number of hydrazone groups is 1. The molecule has 4 N–H and O–H groups in total. The molecule has 0 saturated carbocycles. The maximum absolute atomic E-state index is 10.8. The maximum Gasteiger partial charge on any atom is 0.301 e. The van der Waals surface area contributed by atoms with Gasteiger partial charge in [-0.3, -0.25) is 31.1 Å². The fraction of sp³-hybridized carbons (Fsp3) is 0. The highest BCUT2D eigenvalue weighted by atomic mass is 16.6. The molecule has 1 rings (SSSR count). The van der Waals surface area contributed by atoms with Gasteiger partial charge in [0.25, 0.3) is 0 Å². The molecule has 0 heterocycles. The van der Waals surface area contributed by atoms with E-state index < -0.39 is 38.5 Å². The molecule has 0 unspecified atom stereocenters. The van der Waals surface area contributed by atoms with Crippen molar-refractivity contribution in [3.63, 3.8) is 0 Å². The van der Waals surface area contributed by atoms with E-state index in [9.17, 15) is 20.2 Å². The minimum atomic E-state index is -0.843. The zero-order valence-electron chi connectivity index (χ0n) is 9.73. The standard InChI is InChI=1S/C9H7N7O4/c10-4-5(9(11)12)13-14-8-6(15(17)18)2-1-3-7(8)16(19)20/h1-3,14H,(H3,11,12)/b13-5+. The molecule has 11 heteroatoms. The van der Waals surface area contributed by atoms with Gasteiger partial charge in [0.15, 0.2) is 5.84 Å². The maximum atomic E-state index is 10.8. The number of nitrogens with one attached hydrogen (secondary N) is 2. The van der Waals surface area contributed by atoms with Crippen LogP contribution >= 0.6 is 0 Å².